The highest BCUT2D eigenvalue weighted by Crippen LogP contribution is 2.11. The molecule has 1 atom stereocenters. The van der Waals surface area contributed by atoms with E-state index in [4.69, 9.17) is 5.26 Å². The summed E-state index contributed by atoms with van der Waals surface area (Å²) in [5.74, 6) is 0. The molecule has 1 aliphatic rings. The van der Waals surface area contributed by atoms with Gasteiger partial charge >= 0.3 is 0 Å². The molecule has 3 heteroatoms. The Morgan fingerprint density at radius 2 is 2.56 bits per heavy atom. The van der Waals surface area contributed by atoms with E-state index in [2.05, 4.69) is 16.7 Å². The average molecular weight is 125 g/mol. The van der Waals surface area contributed by atoms with Crippen molar-refractivity contribution in [2.24, 2.45) is 0 Å². The normalized spacial score (nSPS) is 34.2. The largest absolute Gasteiger partial charge is 0.314 e. The van der Waals surface area contributed by atoms with Gasteiger partial charge in [0.25, 0.3) is 0 Å². The van der Waals surface area contributed by atoms with E-state index in [1.807, 2.05) is 7.05 Å². The summed E-state index contributed by atoms with van der Waals surface area (Å²) >= 11 is 0. The average Bonchev–Trinajstić information content (AvgIpc) is 2.36. The molecule has 1 rings (SSSR count). The Balaban J connectivity index is 2.59. The summed E-state index contributed by atoms with van der Waals surface area (Å²) in [7, 11) is 1.83. The first-order valence-electron chi connectivity index (χ1n) is 3.14. The molecule has 0 aromatic rings. The first-order chi connectivity index (χ1) is 4.33. The maximum atomic E-state index is 8.66. The number of nitriles is 1. The smallest absolute Gasteiger partial charge is 0.120 e. The Bertz CT molecular complexity index is 130. The van der Waals surface area contributed by atoms with Gasteiger partial charge in [0.05, 0.1) is 6.07 Å². The summed E-state index contributed by atoms with van der Waals surface area (Å²) in [6, 6.07) is 2.25. The Morgan fingerprint density at radius 3 is 2.78 bits per heavy atom. The van der Waals surface area contributed by atoms with E-state index in [0.717, 1.165) is 19.5 Å². The molecule has 50 valence electrons. The Labute approximate surface area is 55.1 Å². The highest BCUT2D eigenvalue weighted by molar-refractivity contribution is 5.11. The van der Waals surface area contributed by atoms with Crippen LogP contribution in [0, 0.1) is 11.3 Å². The van der Waals surface area contributed by atoms with Crippen molar-refractivity contribution in [3.8, 4) is 6.07 Å². The minimum absolute atomic E-state index is 0.278. The number of likely N-dealkylation sites (N-methyl/N-ethyl adjacent to an activating group) is 1. The van der Waals surface area contributed by atoms with Gasteiger partial charge in [-0.3, -0.25) is 0 Å². The lowest BCUT2D eigenvalue weighted by molar-refractivity contribution is 0.491. The molecule has 1 heterocycles. The van der Waals surface area contributed by atoms with Gasteiger partial charge in [0.2, 0.25) is 0 Å². The van der Waals surface area contributed by atoms with Crippen LogP contribution in [0.25, 0.3) is 0 Å². The molecule has 1 unspecified atom stereocenters. The van der Waals surface area contributed by atoms with E-state index < -0.39 is 0 Å². The lowest BCUT2D eigenvalue weighted by Crippen LogP contribution is -2.43. The van der Waals surface area contributed by atoms with E-state index in [1.165, 1.54) is 0 Å². The first kappa shape index (κ1) is 6.53. The van der Waals surface area contributed by atoms with Gasteiger partial charge in [0, 0.05) is 6.54 Å². The van der Waals surface area contributed by atoms with E-state index in [-0.39, 0.29) is 5.54 Å². The lowest BCUT2D eigenvalue weighted by Gasteiger charge is -2.16. The summed E-state index contributed by atoms with van der Waals surface area (Å²) < 4.78 is 0. The molecule has 0 radical (unpaired) electrons. The predicted molar refractivity (Wildman–Crippen MR) is 34.9 cm³/mol. The van der Waals surface area contributed by atoms with Crippen LogP contribution in [0.3, 0.4) is 0 Å². The molecule has 1 aliphatic heterocycles. The molecule has 0 aliphatic carbocycles. The Kier molecular flexibility index (Phi) is 1.70. The third kappa shape index (κ3) is 1.04. The van der Waals surface area contributed by atoms with Crippen LogP contribution >= 0.6 is 0 Å². The van der Waals surface area contributed by atoms with Crippen LogP contribution in [0.1, 0.15) is 6.42 Å². The monoisotopic (exact) mass is 125 g/mol. The zero-order valence-corrected chi connectivity index (χ0v) is 5.57. The molecule has 0 aromatic carbocycles. The molecule has 1 saturated heterocycles. The highest BCUT2D eigenvalue weighted by Gasteiger charge is 2.31. The number of hydrogen-bond acceptors (Lipinski definition) is 3. The zero-order valence-electron chi connectivity index (χ0n) is 5.57. The summed E-state index contributed by atoms with van der Waals surface area (Å²) in [5, 5.41) is 14.8. The number of hydrogen-bond donors (Lipinski definition) is 2. The SMILES string of the molecule is CNC1(C#N)CCNC1. The van der Waals surface area contributed by atoms with Crippen LogP contribution in [0.2, 0.25) is 0 Å². The molecule has 0 aromatic heterocycles. The molecule has 0 amide bonds. The van der Waals surface area contributed by atoms with Crippen LogP contribution in [0.5, 0.6) is 0 Å². The van der Waals surface area contributed by atoms with Crippen LogP contribution in [0.4, 0.5) is 0 Å². The van der Waals surface area contributed by atoms with E-state index in [1.54, 1.807) is 0 Å². The van der Waals surface area contributed by atoms with Gasteiger partial charge in [-0.05, 0) is 20.0 Å². The lowest BCUT2D eigenvalue weighted by atomic mass is 10.0. The van der Waals surface area contributed by atoms with Gasteiger partial charge in [-0.2, -0.15) is 5.26 Å². The second-order valence-corrected chi connectivity index (χ2v) is 2.37. The molecule has 0 bridgehead atoms. The molecule has 9 heavy (non-hydrogen) atoms. The summed E-state index contributed by atoms with van der Waals surface area (Å²) in [6.07, 6.45) is 0.917. The van der Waals surface area contributed by atoms with Crippen molar-refractivity contribution in [1.29, 1.82) is 5.26 Å². The van der Waals surface area contributed by atoms with Gasteiger partial charge in [0.15, 0.2) is 0 Å². The maximum Gasteiger partial charge on any atom is 0.120 e. The van der Waals surface area contributed by atoms with Gasteiger partial charge in [-0.25, -0.2) is 0 Å². The fraction of sp³-hybridized carbons (Fsp3) is 0.833. The van der Waals surface area contributed by atoms with Gasteiger partial charge in [0.1, 0.15) is 5.54 Å². The second kappa shape index (κ2) is 2.34. The van der Waals surface area contributed by atoms with Crippen molar-refractivity contribution in [2.75, 3.05) is 20.1 Å². The van der Waals surface area contributed by atoms with E-state index in [0.29, 0.717) is 0 Å². The standard InChI is InChI=1S/C6H11N3/c1-8-6(4-7)2-3-9-5-6/h8-9H,2-3,5H2,1H3. The second-order valence-electron chi connectivity index (χ2n) is 2.37. The Morgan fingerprint density at radius 1 is 1.78 bits per heavy atom. The number of nitrogens with zero attached hydrogens (tertiary/aromatic N) is 1. The van der Waals surface area contributed by atoms with E-state index >= 15 is 0 Å². The van der Waals surface area contributed by atoms with Crippen molar-refractivity contribution in [3.05, 3.63) is 0 Å². The fourth-order valence-corrected chi connectivity index (χ4v) is 1.06. The third-order valence-electron chi connectivity index (χ3n) is 1.85. The number of rotatable bonds is 1. The topological polar surface area (TPSA) is 47.9 Å². The quantitative estimate of drug-likeness (QED) is 0.495. The van der Waals surface area contributed by atoms with Crippen LogP contribution in [-0.2, 0) is 0 Å². The van der Waals surface area contributed by atoms with Crippen LogP contribution in [-0.4, -0.2) is 25.7 Å². The minimum atomic E-state index is -0.278. The highest BCUT2D eigenvalue weighted by atomic mass is 15.1. The maximum absolute atomic E-state index is 8.66. The van der Waals surface area contributed by atoms with Crippen LogP contribution in [0.15, 0.2) is 0 Å². The molecule has 2 N–H and O–H groups in total. The van der Waals surface area contributed by atoms with Crippen molar-refractivity contribution < 1.29 is 0 Å². The number of nitrogens with one attached hydrogen (secondary N) is 2. The van der Waals surface area contributed by atoms with Crippen molar-refractivity contribution in [2.45, 2.75) is 12.0 Å². The third-order valence-corrected chi connectivity index (χ3v) is 1.85. The summed E-state index contributed by atoms with van der Waals surface area (Å²) in [6.45, 7) is 1.73. The van der Waals surface area contributed by atoms with Gasteiger partial charge < -0.3 is 10.6 Å². The predicted octanol–water partition coefficient (Wildman–Crippen LogP) is -0.539. The zero-order chi connectivity index (χ0) is 6.74. The van der Waals surface area contributed by atoms with Gasteiger partial charge in [-0.1, -0.05) is 0 Å². The first-order valence-corrected chi connectivity index (χ1v) is 3.14. The minimum Gasteiger partial charge on any atom is -0.314 e. The van der Waals surface area contributed by atoms with Crippen molar-refractivity contribution in [1.82, 2.24) is 10.6 Å². The van der Waals surface area contributed by atoms with Gasteiger partial charge in [-0.15, -0.1) is 0 Å². The molecular weight excluding hydrogens is 114 g/mol. The molecule has 0 saturated carbocycles. The van der Waals surface area contributed by atoms with Crippen molar-refractivity contribution >= 4 is 0 Å². The fourth-order valence-electron chi connectivity index (χ4n) is 1.06. The van der Waals surface area contributed by atoms with Crippen molar-refractivity contribution in [3.63, 3.8) is 0 Å². The summed E-state index contributed by atoms with van der Waals surface area (Å²) in [5.41, 5.74) is -0.278. The van der Waals surface area contributed by atoms with Crippen LogP contribution < -0.4 is 10.6 Å². The Hall–Kier alpha value is -0.590. The molecular formula is C6H11N3. The molecule has 1 fully saturated rings. The summed E-state index contributed by atoms with van der Waals surface area (Å²) in [4.78, 5) is 0. The molecule has 0 spiro atoms. The molecule has 3 nitrogen and oxygen atoms in total. The van der Waals surface area contributed by atoms with E-state index in [9.17, 15) is 0 Å².